The number of ether oxygens (including phenoxy) is 2. The Hall–Kier alpha value is -3.09. The smallest absolute Gasteiger partial charge is 0.248 e. The highest BCUT2D eigenvalue weighted by Crippen LogP contribution is 2.33. The number of benzene rings is 2. The number of aromatic nitrogens is 4. The van der Waals surface area contributed by atoms with Crippen molar-refractivity contribution in [1.82, 2.24) is 20.2 Å². The van der Waals surface area contributed by atoms with Crippen LogP contribution in [0.2, 0.25) is 0 Å². The van der Waals surface area contributed by atoms with Crippen molar-refractivity contribution in [1.29, 1.82) is 0 Å². The zero-order chi connectivity index (χ0) is 16.2. The summed E-state index contributed by atoms with van der Waals surface area (Å²) in [5.74, 6) is 2.16. The minimum atomic E-state index is 0.541. The first-order chi connectivity index (χ1) is 11.9. The van der Waals surface area contributed by atoms with Crippen molar-refractivity contribution in [3.63, 3.8) is 0 Å². The summed E-state index contributed by atoms with van der Waals surface area (Å²) in [5, 5.41) is 15.1. The van der Waals surface area contributed by atoms with E-state index in [2.05, 4.69) is 20.8 Å². The molecule has 0 saturated heterocycles. The number of tetrazole rings is 1. The summed E-state index contributed by atoms with van der Waals surface area (Å²) >= 11 is 0. The molecule has 7 heteroatoms. The third-order valence-corrected chi connectivity index (χ3v) is 3.76. The first-order valence-electron chi connectivity index (χ1n) is 7.87. The summed E-state index contributed by atoms with van der Waals surface area (Å²) in [6.07, 6.45) is 0.883. The monoisotopic (exact) mass is 323 g/mol. The maximum atomic E-state index is 5.84. The second-order valence-electron chi connectivity index (χ2n) is 5.40. The number of fused-ring (bicyclic) bond motifs is 1. The maximum Gasteiger partial charge on any atom is 0.248 e. The Morgan fingerprint density at radius 3 is 2.79 bits per heavy atom. The summed E-state index contributed by atoms with van der Waals surface area (Å²) in [5.41, 5.74) is 1.91. The normalized spacial score (nSPS) is 13.3. The van der Waals surface area contributed by atoms with Crippen LogP contribution in [0.15, 0.2) is 48.5 Å². The van der Waals surface area contributed by atoms with Gasteiger partial charge in [0.1, 0.15) is 0 Å². The topological polar surface area (TPSA) is 74.1 Å². The lowest BCUT2D eigenvalue weighted by atomic mass is 10.2. The van der Waals surface area contributed by atoms with Crippen molar-refractivity contribution >= 4 is 5.95 Å². The third-order valence-electron chi connectivity index (χ3n) is 3.76. The van der Waals surface area contributed by atoms with Crippen LogP contribution in [0, 0.1) is 0 Å². The van der Waals surface area contributed by atoms with Gasteiger partial charge in [-0.2, -0.15) is 4.68 Å². The molecule has 1 aliphatic heterocycles. The summed E-state index contributed by atoms with van der Waals surface area (Å²) in [6, 6.07) is 15.7. The van der Waals surface area contributed by atoms with Gasteiger partial charge in [0.2, 0.25) is 5.95 Å². The molecule has 0 amide bonds. The Labute approximate surface area is 139 Å². The standard InChI is InChI=1S/C17H17N5O2/c1-2-7-14(8-3-1)22-17(19-20-21-22)18-12-13-6-4-9-15-16(13)24-11-5-10-23-15/h1-4,6-9H,5,10-12H2,(H,18,19,21). The molecule has 0 fully saturated rings. The summed E-state index contributed by atoms with van der Waals surface area (Å²) in [6.45, 7) is 1.88. The van der Waals surface area contributed by atoms with Crippen LogP contribution in [0.25, 0.3) is 5.69 Å². The van der Waals surface area contributed by atoms with E-state index in [4.69, 9.17) is 9.47 Å². The number of nitrogens with zero attached hydrogens (tertiary/aromatic N) is 4. The van der Waals surface area contributed by atoms with E-state index >= 15 is 0 Å². The second kappa shape index (κ2) is 6.57. The minimum absolute atomic E-state index is 0.541. The Morgan fingerprint density at radius 2 is 1.88 bits per heavy atom. The van der Waals surface area contributed by atoms with Crippen LogP contribution < -0.4 is 14.8 Å². The number of hydrogen-bond acceptors (Lipinski definition) is 6. The van der Waals surface area contributed by atoms with Gasteiger partial charge in [-0.3, -0.25) is 0 Å². The fourth-order valence-electron chi connectivity index (χ4n) is 2.61. The molecule has 7 nitrogen and oxygen atoms in total. The van der Waals surface area contributed by atoms with Crippen LogP contribution in [-0.4, -0.2) is 33.4 Å². The molecule has 0 bridgehead atoms. The zero-order valence-corrected chi connectivity index (χ0v) is 13.1. The molecule has 1 N–H and O–H groups in total. The van der Waals surface area contributed by atoms with Gasteiger partial charge in [-0.25, -0.2) is 0 Å². The first-order valence-corrected chi connectivity index (χ1v) is 7.87. The molecule has 3 aromatic rings. The highest BCUT2D eigenvalue weighted by Gasteiger charge is 2.15. The lowest BCUT2D eigenvalue weighted by molar-refractivity contribution is 0.296. The number of hydrogen-bond donors (Lipinski definition) is 1. The van der Waals surface area contributed by atoms with Crippen LogP contribution in [-0.2, 0) is 6.54 Å². The van der Waals surface area contributed by atoms with E-state index in [-0.39, 0.29) is 0 Å². The zero-order valence-electron chi connectivity index (χ0n) is 13.1. The van der Waals surface area contributed by atoms with E-state index in [0.717, 1.165) is 29.2 Å². The van der Waals surface area contributed by atoms with Gasteiger partial charge in [-0.05, 0) is 28.6 Å². The van der Waals surface area contributed by atoms with Crippen LogP contribution in [0.5, 0.6) is 11.5 Å². The van der Waals surface area contributed by atoms with Gasteiger partial charge >= 0.3 is 0 Å². The van der Waals surface area contributed by atoms with Crippen molar-refractivity contribution in [3.8, 4) is 17.2 Å². The average Bonchev–Trinajstić information content (AvgIpc) is 2.97. The quantitative estimate of drug-likeness (QED) is 0.795. The number of anilines is 1. The molecule has 4 rings (SSSR count). The van der Waals surface area contributed by atoms with E-state index in [1.165, 1.54) is 0 Å². The summed E-state index contributed by atoms with van der Waals surface area (Å²) in [4.78, 5) is 0. The molecule has 0 spiro atoms. The molecule has 122 valence electrons. The molecule has 1 aliphatic rings. The predicted octanol–water partition coefficient (Wildman–Crippen LogP) is 2.44. The Morgan fingerprint density at radius 1 is 1.00 bits per heavy atom. The molecule has 24 heavy (non-hydrogen) atoms. The van der Waals surface area contributed by atoms with Crippen molar-refractivity contribution in [2.24, 2.45) is 0 Å². The molecule has 1 aromatic heterocycles. The van der Waals surface area contributed by atoms with Crippen LogP contribution >= 0.6 is 0 Å². The van der Waals surface area contributed by atoms with Gasteiger partial charge in [0.05, 0.1) is 18.9 Å². The third kappa shape index (κ3) is 2.88. The lowest BCUT2D eigenvalue weighted by Gasteiger charge is -2.13. The predicted molar refractivity (Wildman–Crippen MR) is 88.5 cm³/mol. The first kappa shape index (κ1) is 14.5. The molecule has 2 heterocycles. The van der Waals surface area contributed by atoms with E-state index in [9.17, 15) is 0 Å². The van der Waals surface area contributed by atoms with Crippen LogP contribution in [0.4, 0.5) is 5.95 Å². The SMILES string of the molecule is c1ccc(-n2nnnc2NCc2cccc3c2OCCCO3)cc1. The molecule has 0 unspecified atom stereocenters. The average molecular weight is 323 g/mol. The Bertz CT molecular complexity index is 819. The Balaban J connectivity index is 1.56. The fourth-order valence-corrected chi connectivity index (χ4v) is 2.61. The highest BCUT2D eigenvalue weighted by atomic mass is 16.5. The van der Waals surface area contributed by atoms with Gasteiger partial charge in [-0.15, -0.1) is 0 Å². The van der Waals surface area contributed by atoms with Crippen LogP contribution in [0.1, 0.15) is 12.0 Å². The molecular weight excluding hydrogens is 306 g/mol. The molecule has 0 saturated carbocycles. The van der Waals surface area contributed by atoms with Crippen molar-refractivity contribution in [2.75, 3.05) is 18.5 Å². The summed E-state index contributed by atoms with van der Waals surface area (Å²) in [7, 11) is 0. The van der Waals surface area contributed by atoms with Gasteiger partial charge < -0.3 is 14.8 Å². The largest absolute Gasteiger partial charge is 0.490 e. The minimum Gasteiger partial charge on any atom is -0.490 e. The molecule has 0 radical (unpaired) electrons. The van der Waals surface area contributed by atoms with Crippen molar-refractivity contribution < 1.29 is 9.47 Å². The van der Waals surface area contributed by atoms with Gasteiger partial charge in [0, 0.05) is 18.5 Å². The Kier molecular flexibility index (Phi) is 3.97. The van der Waals surface area contributed by atoms with Crippen molar-refractivity contribution in [2.45, 2.75) is 13.0 Å². The van der Waals surface area contributed by atoms with Crippen molar-refractivity contribution in [3.05, 3.63) is 54.1 Å². The molecule has 0 atom stereocenters. The van der Waals surface area contributed by atoms with Gasteiger partial charge in [-0.1, -0.05) is 35.4 Å². The number of para-hydroxylation sites is 2. The number of rotatable bonds is 4. The van der Waals surface area contributed by atoms with Gasteiger partial charge in [0.15, 0.2) is 11.5 Å². The molecule has 2 aromatic carbocycles. The van der Waals surface area contributed by atoms with E-state index in [1.54, 1.807) is 4.68 Å². The highest BCUT2D eigenvalue weighted by molar-refractivity contribution is 5.48. The lowest BCUT2D eigenvalue weighted by Crippen LogP contribution is -2.08. The van der Waals surface area contributed by atoms with Gasteiger partial charge in [0.25, 0.3) is 0 Å². The van der Waals surface area contributed by atoms with E-state index in [0.29, 0.717) is 25.7 Å². The molecule has 0 aliphatic carbocycles. The summed E-state index contributed by atoms with van der Waals surface area (Å²) < 4.78 is 13.2. The maximum absolute atomic E-state index is 5.84. The number of nitrogens with one attached hydrogen (secondary N) is 1. The fraction of sp³-hybridized carbons (Fsp3) is 0.235. The second-order valence-corrected chi connectivity index (χ2v) is 5.40. The van der Waals surface area contributed by atoms with E-state index in [1.807, 2.05) is 48.5 Å². The van der Waals surface area contributed by atoms with E-state index < -0.39 is 0 Å². The van der Waals surface area contributed by atoms with Crippen LogP contribution in [0.3, 0.4) is 0 Å². The molecular formula is C17H17N5O2.